The molecular weight excluding hydrogens is 266 g/mol. The average molecular weight is 285 g/mol. The van der Waals surface area contributed by atoms with Gasteiger partial charge in [-0.25, -0.2) is 4.99 Å². The molecule has 0 saturated heterocycles. The summed E-state index contributed by atoms with van der Waals surface area (Å²) in [5, 5.41) is 0. The van der Waals surface area contributed by atoms with Gasteiger partial charge >= 0.3 is 0 Å². The molecule has 0 spiro atoms. The van der Waals surface area contributed by atoms with Crippen LogP contribution in [0.2, 0.25) is 0 Å². The van der Waals surface area contributed by atoms with Gasteiger partial charge in [0, 0.05) is 23.9 Å². The van der Waals surface area contributed by atoms with Crippen LogP contribution in [0.5, 0.6) is 0 Å². The van der Waals surface area contributed by atoms with Crippen molar-refractivity contribution >= 4 is 17.7 Å². The van der Waals surface area contributed by atoms with E-state index in [1.165, 1.54) is 9.79 Å². The summed E-state index contributed by atoms with van der Waals surface area (Å²) in [5.74, 6) is 0.549. The standard InChI is InChI=1S/C16H19N3S/c1-19(2)16(17)18-12-13-8-10-15(11-9-13)20-14-6-4-3-5-7-14/h3-11H,12H2,1-2H3,(H2,17,18). The zero-order valence-corrected chi connectivity index (χ0v) is 12.6. The van der Waals surface area contributed by atoms with Crippen LogP contribution < -0.4 is 5.73 Å². The normalized spacial score (nSPS) is 11.4. The number of nitrogens with zero attached hydrogens (tertiary/aromatic N) is 2. The van der Waals surface area contributed by atoms with Gasteiger partial charge < -0.3 is 10.6 Å². The van der Waals surface area contributed by atoms with Gasteiger partial charge in [0.25, 0.3) is 0 Å². The van der Waals surface area contributed by atoms with E-state index in [1.807, 2.05) is 20.2 Å². The molecule has 20 heavy (non-hydrogen) atoms. The number of hydrogen-bond donors (Lipinski definition) is 1. The summed E-state index contributed by atoms with van der Waals surface area (Å²) in [6.07, 6.45) is 0. The SMILES string of the molecule is CN(C)C(N)=NCc1ccc(Sc2ccccc2)cc1. The highest BCUT2D eigenvalue weighted by Gasteiger charge is 1.98. The highest BCUT2D eigenvalue weighted by atomic mass is 32.2. The Morgan fingerprint density at radius 1 is 1.00 bits per heavy atom. The van der Waals surface area contributed by atoms with Crippen LogP contribution in [0.15, 0.2) is 69.4 Å². The van der Waals surface area contributed by atoms with Crippen LogP contribution in [0.1, 0.15) is 5.56 Å². The van der Waals surface area contributed by atoms with E-state index in [0.29, 0.717) is 12.5 Å². The Morgan fingerprint density at radius 2 is 1.60 bits per heavy atom. The molecule has 0 fully saturated rings. The lowest BCUT2D eigenvalue weighted by Crippen LogP contribution is -2.30. The minimum atomic E-state index is 0.549. The van der Waals surface area contributed by atoms with E-state index in [9.17, 15) is 0 Å². The second-order valence-electron chi connectivity index (χ2n) is 4.63. The third-order valence-corrected chi connectivity index (χ3v) is 3.80. The molecule has 0 saturated carbocycles. The van der Waals surface area contributed by atoms with Crippen LogP contribution >= 0.6 is 11.8 Å². The quantitative estimate of drug-likeness (QED) is 0.693. The molecule has 0 amide bonds. The highest BCUT2D eigenvalue weighted by molar-refractivity contribution is 7.99. The molecule has 0 heterocycles. The number of hydrogen-bond acceptors (Lipinski definition) is 2. The van der Waals surface area contributed by atoms with Gasteiger partial charge in [-0.2, -0.15) is 0 Å². The fourth-order valence-electron chi connectivity index (χ4n) is 1.60. The summed E-state index contributed by atoms with van der Waals surface area (Å²) in [6, 6.07) is 18.8. The Kier molecular flexibility index (Phi) is 5.07. The lowest BCUT2D eigenvalue weighted by atomic mass is 10.2. The molecule has 104 valence electrons. The monoisotopic (exact) mass is 285 g/mol. The molecule has 0 aliphatic heterocycles. The maximum Gasteiger partial charge on any atom is 0.191 e. The van der Waals surface area contributed by atoms with E-state index in [1.54, 1.807) is 16.7 Å². The van der Waals surface area contributed by atoms with E-state index < -0.39 is 0 Å². The maximum absolute atomic E-state index is 5.77. The van der Waals surface area contributed by atoms with Crippen molar-refractivity contribution in [2.75, 3.05) is 14.1 Å². The molecule has 2 aromatic carbocycles. The molecule has 0 radical (unpaired) electrons. The molecule has 0 aliphatic carbocycles. The highest BCUT2D eigenvalue weighted by Crippen LogP contribution is 2.27. The van der Waals surface area contributed by atoms with Crippen LogP contribution in [0.4, 0.5) is 0 Å². The van der Waals surface area contributed by atoms with Crippen LogP contribution in [-0.2, 0) is 6.54 Å². The van der Waals surface area contributed by atoms with Crippen molar-refractivity contribution in [2.45, 2.75) is 16.3 Å². The summed E-state index contributed by atoms with van der Waals surface area (Å²) in [6.45, 7) is 0.611. The van der Waals surface area contributed by atoms with Crippen molar-refractivity contribution < 1.29 is 0 Å². The predicted molar refractivity (Wildman–Crippen MR) is 86.0 cm³/mol. The second-order valence-corrected chi connectivity index (χ2v) is 5.77. The summed E-state index contributed by atoms with van der Waals surface area (Å²) < 4.78 is 0. The van der Waals surface area contributed by atoms with Crippen LogP contribution in [0.25, 0.3) is 0 Å². The van der Waals surface area contributed by atoms with Gasteiger partial charge in [0.1, 0.15) is 0 Å². The van der Waals surface area contributed by atoms with Crippen LogP contribution in [-0.4, -0.2) is 25.0 Å². The van der Waals surface area contributed by atoms with Gasteiger partial charge in [0.2, 0.25) is 0 Å². The number of benzene rings is 2. The number of rotatable bonds is 4. The molecule has 0 atom stereocenters. The topological polar surface area (TPSA) is 41.6 Å². The Hall–Kier alpha value is -1.94. The molecule has 2 rings (SSSR count). The molecule has 0 unspecified atom stereocenters. The third kappa shape index (κ3) is 4.31. The lowest BCUT2D eigenvalue weighted by Gasteiger charge is -2.10. The molecular formula is C16H19N3S. The van der Waals surface area contributed by atoms with E-state index in [0.717, 1.165) is 5.56 Å². The van der Waals surface area contributed by atoms with Gasteiger partial charge in [-0.1, -0.05) is 42.1 Å². The summed E-state index contributed by atoms with van der Waals surface area (Å²) in [4.78, 5) is 8.60. The zero-order valence-electron chi connectivity index (χ0n) is 11.8. The second kappa shape index (κ2) is 7.01. The fourth-order valence-corrected chi connectivity index (χ4v) is 2.44. The molecule has 0 aromatic heterocycles. The Bertz CT molecular complexity index is 562. The minimum Gasteiger partial charge on any atom is -0.370 e. The van der Waals surface area contributed by atoms with E-state index in [-0.39, 0.29) is 0 Å². The largest absolute Gasteiger partial charge is 0.370 e. The van der Waals surface area contributed by atoms with E-state index >= 15 is 0 Å². The van der Waals surface area contributed by atoms with Gasteiger partial charge in [0.05, 0.1) is 6.54 Å². The van der Waals surface area contributed by atoms with Crippen molar-refractivity contribution in [3.8, 4) is 0 Å². The first-order chi connectivity index (χ1) is 9.65. The average Bonchev–Trinajstić information content (AvgIpc) is 2.47. The number of nitrogens with two attached hydrogens (primary N) is 1. The molecule has 2 N–H and O–H groups in total. The van der Waals surface area contributed by atoms with Gasteiger partial charge in [-0.15, -0.1) is 0 Å². The van der Waals surface area contributed by atoms with Crippen molar-refractivity contribution in [3.05, 3.63) is 60.2 Å². The van der Waals surface area contributed by atoms with Crippen molar-refractivity contribution in [2.24, 2.45) is 10.7 Å². The summed E-state index contributed by atoms with van der Waals surface area (Å²) >= 11 is 1.76. The Balaban J connectivity index is 1.98. The first-order valence-corrected chi connectivity index (χ1v) is 7.26. The minimum absolute atomic E-state index is 0.549. The van der Waals surface area contributed by atoms with E-state index in [4.69, 9.17) is 5.73 Å². The molecule has 2 aromatic rings. The van der Waals surface area contributed by atoms with Crippen molar-refractivity contribution in [1.29, 1.82) is 0 Å². The Morgan fingerprint density at radius 3 is 2.20 bits per heavy atom. The fraction of sp³-hybridized carbons (Fsp3) is 0.188. The smallest absolute Gasteiger partial charge is 0.191 e. The number of aliphatic imine (C=N–C) groups is 1. The molecule has 0 aliphatic rings. The lowest BCUT2D eigenvalue weighted by molar-refractivity contribution is 0.609. The van der Waals surface area contributed by atoms with Crippen LogP contribution in [0, 0.1) is 0 Å². The van der Waals surface area contributed by atoms with Gasteiger partial charge in [0.15, 0.2) is 5.96 Å². The summed E-state index contributed by atoms with van der Waals surface area (Å²) in [7, 11) is 3.77. The molecule has 3 nitrogen and oxygen atoms in total. The van der Waals surface area contributed by atoms with Crippen molar-refractivity contribution in [1.82, 2.24) is 4.90 Å². The maximum atomic E-state index is 5.77. The Labute approximate surface area is 124 Å². The van der Waals surface area contributed by atoms with Gasteiger partial charge in [-0.3, -0.25) is 0 Å². The number of guanidine groups is 1. The van der Waals surface area contributed by atoms with Gasteiger partial charge in [-0.05, 0) is 29.8 Å². The first-order valence-electron chi connectivity index (χ1n) is 6.44. The van der Waals surface area contributed by atoms with E-state index in [2.05, 4.69) is 53.5 Å². The first kappa shape index (κ1) is 14.5. The molecule has 0 bridgehead atoms. The zero-order chi connectivity index (χ0) is 14.4. The summed E-state index contributed by atoms with van der Waals surface area (Å²) in [5.41, 5.74) is 6.93. The predicted octanol–water partition coefficient (Wildman–Crippen LogP) is 3.21. The molecule has 4 heteroatoms. The van der Waals surface area contributed by atoms with Crippen LogP contribution in [0.3, 0.4) is 0 Å². The van der Waals surface area contributed by atoms with Crippen molar-refractivity contribution in [3.63, 3.8) is 0 Å². The third-order valence-electron chi connectivity index (χ3n) is 2.78.